The van der Waals surface area contributed by atoms with Gasteiger partial charge in [0.1, 0.15) is 6.54 Å². The van der Waals surface area contributed by atoms with Crippen LogP contribution in [-0.4, -0.2) is 0 Å². The Kier molecular flexibility index (Phi) is 13.0. The lowest BCUT2D eigenvalue weighted by molar-refractivity contribution is -0.697. The molecule has 0 spiro atoms. The van der Waals surface area contributed by atoms with Gasteiger partial charge in [-0.05, 0) is 24.8 Å². The first-order valence-corrected chi connectivity index (χ1v) is 8.34. The molecule has 0 unspecified atom stereocenters. The zero-order chi connectivity index (χ0) is 13.8. The van der Waals surface area contributed by atoms with E-state index >= 15 is 0 Å². The monoisotopic (exact) mass is 297 g/mol. The topological polar surface area (TPSA) is 3.88 Å². The maximum Gasteiger partial charge on any atom is 0.169 e. The van der Waals surface area contributed by atoms with Gasteiger partial charge in [-0.3, -0.25) is 0 Å². The average molecular weight is 298 g/mol. The van der Waals surface area contributed by atoms with Crippen molar-refractivity contribution in [2.45, 2.75) is 84.6 Å². The summed E-state index contributed by atoms with van der Waals surface area (Å²) in [5.41, 5.74) is 1.48. The van der Waals surface area contributed by atoms with Gasteiger partial charge in [0.2, 0.25) is 0 Å². The molecule has 1 aromatic rings. The third kappa shape index (κ3) is 9.36. The average Bonchev–Trinajstić information content (AvgIpc) is 2.45. The van der Waals surface area contributed by atoms with E-state index in [0.717, 1.165) is 0 Å². The highest BCUT2D eigenvalue weighted by atomic mass is 35.5. The van der Waals surface area contributed by atoms with Crippen LogP contribution >= 0.6 is 0 Å². The minimum absolute atomic E-state index is 0. The van der Waals surface area contributed by atoms with Gasteiger partial charge in [-0.2, -0.15) is 0 Å². The van der Waals surface area contributed by atoms with Gasteiger partial charge in [0.15, 0.2) is 12.4 Å². The Balaban J connectivity index is 0.00000361. The molecular weight excluding hydrogens is 266 g/mol. The highest BCUT2D eigenvalue weighted by Crippen LogP contribution is 2.07. The van der Waals surface area contributed by atoms with Crippen LogP contribution in [-0.2, 0) is 13.0 Å². The Morgan fingerprint density at radius 2 is 1.30 bits per heavy atom. The molecule has 0 bridgehead atoms. The van der Waals surface area contributed by atoms with Crippen LogP contribution in [0, 0.1) is 0 Å². The SMILES string of the molecule is CCCCCCCCC[n+]1ccc(CCCC)cc1.[Cl-]. The second-order valence-electron chi connectivity index (χ2n) is 5.67. The normalized spacial score (nSPS) is 10.3. The Bertz CT molecular complexity index is 308. The van der Waals surface area contributed by atoms with Crippen molar-refractivity contribution >= 4 is 0 Å². The molecule has 2 heteroatoms. The fourth-order valence-electron chi connectivity index (χ4n) is 2.44. The minimum atomic E-state index is 0. The van der Waals surface area contributed by atoms with Gasteiger partial charge in [0.05, 0.1) is 0 Å². The third-order valence-corrected chi connectivity index (χ3v) is 3.80. The summed E-state index contributed by atoms with van der Waals surface area (Å²) in [7, 11) is 0. The molecule has 0 radical (unpaired) electrons. The third-order valence-electron chi connectivity index (χ3n) is 3.80. The molecule has 0 fully saturated rings. The van der Waals surface area contributed by atoms with E-state index in [1.165, 1.54) is 76.3 Å². The van der Waals surface area contributed by atoms with Crippen LogP contribution in [0.4, 0.5) is 0 Å². The van der Waals surface area contributed by atoms with Gasteiger partial charge in [-0.1, -0.05) is 52.4 Å². The number of halogens is 1. The smallest absolute Gasteiger partial charge is 0.169 e. The van der Waals surface area contributed by atoms with Crippen LogP contribution in [0.3, 0.4) is 0 Å². The zero-order valence-corrected chi connectivity index (χ0v) is 14.2. The van der Waals surface area contributed by atoms with Crippen molar-refractivity contribution in [1.82, 2.24) is 0 Å². The molecule has 0 atom stereocenters. The summed E-state index contributed by atoms with van der Waals surface area (Å²) in [5.74, 6) is 0. The predicted octanol–water partition coefficient (Wildman–Crippen LogP) is 2.07. The van der Waals surface area contributed by atoms with Crippen LogP contribution in [0.15, 0.2) is 24.5 Å². The number of nitrogens with zero attached hydrogens (tertiary/aromatic N) is 1. The summed E-state index contributed by atoms with van der Waals surface area (Å²) in [6.07, 6.45) is 18.1. The summed E-state index contributed by atoms with van der Waals surface area (Å²) in [6, 6.07) is 4.58. The standard InChI is InChI=1S/C18H32N.ClH/c1-3-5-7-8-9-10-11-15-19-16-13-18(14-17-19)12-6-4-2;/h13-14,16-17H,3-12,15H2,1-2H3;1H/q+1;/p-1. The van der Waals surface area contributed by atoms with E-state index in [0.29, 0.717) is 0 Å². The van der Waals surface area contributed by atoms with Gasteiger partial charge < -0.3 is 12.4 Å². The molecule has 0 amide bonds. The predicted molar refractivity (Wildman–Crippen MR) is 83.2 cm³/mol. The number of aryl methyl sites for hydroxylation is 2. The summed E-state index contributed by atoms with van der Waals surface area (Å²) < 4.78 is 2.33. The van der Waals surface area contributed by atoms with E-state index < -0.39 is 0 Å². The van der Waals surface area contributed by atoms with Crippen molar-refractivity contribution in [2.24, 2.45) is 0 Å². The van der Waals surface area contributed by atoms with Crippen molar-refractivity contribution in [3.63, 3.8) is 0 Å². The van der Waals surface area contributed by atoms with Gasteiger partial charge in [-0.15, -0.1) is 0 Å². The lowest BCUT2D eigenvalue weighted by atomic mass is 10.1. The molecule has 0 aromatic carbocycles. The Hall–Kier alpha value is -0.560. The maximum atomic E-state index is 2.33. The van der Waals surface area contributed by atoms with E-state index in [1.807, 2.05) is 0 Å². The maximum absolute atomic E-state index is 2.33. The van der Waals surface area contributed by atoms with Crippen LogP contribution < -0.4 is 17.0 Å². The Morgan fingerprint density at radius 1 is 0.750 bits per heavy atom. The summed E-state index contributed by atoms with van der Waals surface area (Å²) in [4.78, 5) is 0. The highest BCUT2D eigenvalue weighted by molar-refractivity contribution is 5.06. The van der Waals surface area contributed by atoms with E-state index in [4.69, 9.17) is 0 Å². The van der Waals surface area contributed by atoms with Crippen LogP contribution in [0.5, 0.6) is 0 Å². The first-order valence-electron chi connectivity index (χ1n) is 8.34. The molecule has 0 aliphatic carbocycles. The molecule has 1 rings (SSSR count). The Labute approximate surface area is 132 Å². The number of unbranched alkanes of at least 4 members (excludes halogenated alkanes) is 7. The van der Waals surface area contributed by atoms with E-state index in [-0.39, 0.29) is 12.4 Å². The number of pyridine rings is 1. The van der Waals surface area contributed by atoms with Crippen LogP contribution in [0.1, 0.15) is 77.2 Å². The molecule has 116 valence electrons. The number of aromatic nitrogens is 1. The number of hydrogen-bond donors (Lipinski definition) is 0. The van der Waals surface area contributed by atoms with E-state index in [9.17, 15) is 0 Å². The van der Waals surface area contributed by atoms with Crippen molar-refractivity contribution in [3.8, 4) is 0 Å². The van der Waals surface area contributed by atoms with Crippen LogP contribution in [0.25, 0.3) is 0 Å². The van der Waals surface area contributed by atoms with Crippen LogP contribution in [0.2, 0.25) is 0 Å². The Morgan fingerprint density at radius 3 is 1.90 bits per heavy atom. The number of hydrogen-bond acceptors (Lipinski definition) is 0. The second-order valence-corrected chi connectivity index (χ2v) is 5.67. The molecule has 0 aliphatic heterocycles. The fraction of sp³-hybridized carbons (Fsp3) is 0.722. The molecule has 0 saturated carbocycles. The second kappa shape index (κ2) is 13.4. The molecule has 1 heterocycles. The molecular formula is C18H32ClN. The van der Waals surface area contributed by atoms with Gasteiger partial charge >= 0.3 is 0 Å². The molecule has 1 aromatic heterocycles. The molecule has 1 nitrogen and oxygen atoms in total. The highest BCUT2D eigenvalue weighted by Gasteiger charge is 2.00. The lowest BCUT2D eigenvalue weighted by Gasteiger charge is -2.01. The lowest BCUT2D eigenvalue weighted by Crippen LogP contribution is -3.00. The molecule has 0 saturated heterocycles. The first kappa shape index (κ1) is 19.4. The summed E-state index contributed by atoms with van der Waals surface area (Å²) >= 11 is 0. The summed E-state index contributed by atoms with van der Waals surface area (Å²) in [6.45, 7) is 5.71. The van der Waals surface area contributed by atoms with Crippen molar-refractivity contribution in [1.29, 1.82) is 0 Å². The molecule has 0 aliphatic rings. The first-order chi connectivity index (χ1) is 9.36. The molecule has 20 heavy (non-hydrogen) atoms. The van der Waals surface area contributed by atoms with Crippen molar-refractivity contribution in [3.05, 3.63) is 30.1 Å². The van der Waals surface area contributed by atoms with E-state index in [2.05, 4.69) is 42.9 Å². The quantitative estimate of drug-likeness (QED) is 0.435. The van der Waals surface area contributed by atoms with E-state index in [1.54, 1.807) is 0 Å². The van der Waals surface area contributed by atoms with Gasteiger partial charge in [0, 0.05) is 18.6 Å². The zero-order valence-electron chi connectivity index (χ0n) is 13.4. The van der Waals surface area contributed by atoms with Gasteiger partial charge in [0.25, 0.3) is 0 Å². The number of rotatable bonds is 11. The van der Waals surface area contributed by atoms with Crippen molar-refractivity contribution < 1.29 is 17.0 Å². The fourth-order valence-corrected chi connectivity index (χ4v) is 2.44. The van der Waals surface area contributed by atoms with Crippen molar-refractivity contribution in [2.75, 3.05) is 0 Å². The summed E-state index contributed by atoms with van der Waals surface area (Å²) in [5, 5.41) is 0. The largest absolute Gasteiger partial charge is 1.00 e. The molecule has 0 N–H and O–H groups in total. The van der Waals surface area contributed by atoms with Gasteiger partial charge in [-0.25, -0.2) is 4.57 Å². The minimum Gasteiger partial charge on any atom is -1.00 e.